The standard InChI is InChI=1S/C38H28N2O6/c39-21-31(19-25-11-15-29(16-12-25)27-7-3-1-4-8-27)37(41)45-33-23-43-36-34(24-44-35(33)36)46-38(42)32(22-40)20-26-13-17-30(18-14-26)28-9-5-2-6-10-28/h1-20,33-36H,23-24H2/b31-19+,32-20+/t33-,34+,35-,36-/m1/s1. The van der Waals surface area contributed by atoms with Gasteiger partial charge in [-0.25, -0.2) is 9.59 Å². The molecule has 0 amide bonds. The summed E-state index contributed by atoms with van der Waals surface area (Å²) in [6.07, 6.45) is -0.0379. The Hall–Kier alpha value is -5.80. The van der Waals surface area contributed by atoms with E-state index in [2.05, 4.69) is 0 Å². The summed E-state index contributed by atoms with van der Waals surface area (Å²) in [4.78, 5) is 25.8. The molecule has 8 nitrogen and oxygen atoms in total. The molecule has 2 aliphatic heterocycles. The number of hydrogen-bond donors (Lipinski definition) is 0. The number of nitrogens with zero attached hydrogens (tertiary/aromatic N) is 2. The van der Waals surface area contributed by atoms with Crippen LogP contribution in [0.4, 0.5) is 0 Å². The van der Waals surface area contributed by atoms with Gasteiger partial charge in [-0.15, -0.1) is 0 Å². The van der Waals surface area contributed by atoms with Gasteiger partial charge in [-0.1, -0.05) is 109 Å². The van der Waals surface area contributed by atoms with Gasteiger partial charge in [0.05, 0.1) is 13.2 Å². The summed E-state index contributed by atoms with van der Waals surface area (Å²) in [7, 11) is 0. The number of carbonyl (C=O) groups is 2. The molecule has 0 saturated carbocycles. The summed E-state index contributed by atoms with van der Waals surface area (Å²) in [5.74, 6) is -1.61. The molecule has 0 bridgehead atoms. The molecule has 0 spiro atoms. The lowest BCUT2D eigenvalue weighted by molar-refractivity contribution is -0.149. The van der Waals surface area contributed by atoms with Crippen LogP contribution in [0.5, 0.6) is 0 Å². The van der Waals surface area contributed by atoms with Crippen molar-refractivity contribution in [3.05, 3.63) is 131 Å². The molecule has 8 heteroatoms. The molecule has 0 radical (unpaired) electrons. The molecule has 2 saturated heterocycles. The number of carbonyl (C=O) groups excluding carboxylic acids is 2. The molecular formula is C38H28N2O6. The van der Waals surface area contributed by atoms with Crippen molar-refractivity contribution in [2.45, 2.75) is 24.4 Å². The van der Waals surface area contributed by atoms with Crippen LogP contribution in [0.2, 0.25) is 0 Å². The Balaban J connectivity index is 1.05. The van der Waals surface area contributed by atoms with Gasteiger partial charge in [-0.3, -0.25) is 0 Å². The highest BCUT2D eigenvalue weighted by molar-refractivity contribution is 5.98. The van der Waals surface area contributed by atoms with Crippen molar-refractivity contribution in [2.75, 3.05) is 13.2 Å². The van der Waals surface area contributed by atoms with E-state index >= 15 is 0 Å². The van der Waals surface area contributed by atoms with Gasteiger partial charge in [-0.05, 0) is 45.5 Å². The van der Waals surface area contributed by atoms with E-state index in [-0.39, 0.29) is 24.4 Å². The maximum atomic E-state index is 12.9. The smallest absolute Gasteiger partial charge is 0.349 e. The van der Waals surface area contributed by atoms with E-state index in [4.69, 9.17) is 18.9 Å². The third-order valence-corrected chi connectivity index (χ3v) is 7.82. The highest BCUT2D eigenvalue weighted by atomic mass is 16.7. The Morgan fingerprint density at radius 2 is 0.913 bits per heavy atom. The van der Waals surface area contributed by atoms with Crippen LogP contribution in [0.1, 0.15) is 11.1 Å². The molecular weight excluding hydrogens is 580 g/mol. The van der Waals surface area contributed by atoms with E-state index in [0.717, 1.165) is 22.3 Å². The van der Waals surface area contributed by atoms with Crippen molar-refractivity contribution in [2.24, 2.45) is 0 Å². The summed E-state index contributed by atoms with van der Waals surface area (Å²) in [6, 6.07) is 38.5. The van der Waals surface area contributed by atoms with Gasteiger partial charge in [0, 0.05) is 0 Å². The molecule has 2 heterocycles. The van der Waals surface area contributed by atoms with Crippen LogP contribution < -0.4 is 0 Å². The topological polar surface area (TPSA) is 119 Å². The third-order valence-electron chi connectivity index (χ3n) is 7.82. The Labute approximate surface area is 266 Å². The lowest BCUT2D eigenvalue weighted by Gasteiger charge is -2.17. The zero-order valence-electron chi connectivity index (χ0n) is 24.6. The zero-order valence-corrected chi connectivity index (χ0v) is 24.6. The maximum Gasteiger partial charge on any atom is 0.349 e. The van der Waals surface area contributed by atoms with Gasteiger partial charge in [0.25, 0.3) is 0 Å². The molecule has 0 aliphatic carbocycles. The Morgan fingerprint density at radius 1 is 0.565 bits per heavy atom. The van der Waals surface area contributed by atoms with Crippen LogP contribution in [-0.4, -0.2) is 49.6 Å². The van der Waals surface area contributed by atoms with Gasteiger partial charge in [0.15, 0.2) is 12.2 Å². The van der Waals surface area contributed by atoms with Crippen molar-refractivity contribution >= 4 is 24.1 Å². The van der Waals surface area contributed by atoms with Gasteiger partial charge in [0.1, 0.15) is 35.5 Å². The van der Waals surface area contributed by atoms with Gasteiger partial charge >= 0.3 is 11.9 Å². The van der Waals surface area contributed by atoms with E-state index in [1.165, 1.54) is 12.2 Å². The number of ether oxygens (including phenoxy) is 4. The molecule has 2 aliphatic rings. The predicted octanol–water partition coefficient (Wildman–Crippen LogP) is 6.16. The number of esters is 2. The minimum Gasteiger partial charge on any atom is -0.453 e. The van der Waals surface area contributed by atoms with Crippen molar-refractivity contribution in [1.29, 1.82) is 10.5 Å². The zero-order chi connectivity index (χ0) is 31.9. The van der Waals surface area contributed by atoms with E-state index in [9.17, 15) is 20.1 Å². The fourth-order valence-electron chi connectivity index (χ4n) is 5.44. The first kappa shape index (κ1) is 30.2. The summed E-state index contributed by atoms with van der Waals surface area (Å²) in [5, 5.41) is 19.3. The third kappa shape index (κ3) is 6.80. The number of rotatable bonds is 8. The molecule has 226 valence electrons. The van der Waals surface area contributed by atoms with Crippen LogP contribution in [-0.2, 0) is 28.5 Å². The lowest BCUT2D eigenvalue weighted by Crippen LogP contribution is -2.36. The van der Waals surface area contributed by atoms with Crippen molar-refractivity contribution in [3.63, 3.8) is 0 Å². The Kier molecular flexibility index (Phi) is 9.12. The SMILES string of the molecule is N#C/C(=C\c1ccc(-c2ccccc2)cc1)C(=O)O[C@H]1CO[C@H]2[C@@H]1OC[C@H]2OC(=O)/C(C#N)=C/c1ccc(-c2ccccc2)cc1. The van der Waals surface area contributed by atoms with Crippen LogP contribution in [0, 0.1) is 22.7 Å². The van der Waals surface area contributed by atoms with E-state index in [1.54, 1.807) is 0 Å². The molecule has 0 aromatic heterocycles. The molecule has 0 N–H and O–H groups in total. The van der Waals surface area contributed by atoms with E-state index < -0.39 is 36.4 Å². The normalized spacial score (nSPS) is 20.7. The van der Waals surface area contributed by atoms with Crippen LogP contribution in [0.25, 0.3) is 34.4 Å². The molecule has 4 atom stereocenters. The van der Waals surface area contributed by atoms with Crippen molar-refractivity contribution < 1.29 is 28.5 Å². The summed E-state index contributed by atoms with van der Waals surface area (Å²) in [5.41, 5.74) is 5.14. The second kappa shape index (κ2) is 13.9. The van der Waals surface area contributed by atoms with E-state index in [0.29, 0.717) is 11.1 Å². The minimum atomic E-state index is -0.805. The second-order valence-electron chi connectivity index (χ2n) is 10.8. The molecule has 4 aromatic carbocycles. The average molecular weight is 609 g/mol. The quantitative estimate of drug-likeness (QED) is 0.133. The van der Waals surface area contributed by atoms with Crippen LogP contribution in [0.15, 0.2) is 120 Å². The number of hydrogen-bond acceptors (Lipinski definition) is 8. The van der Waals surface area contributed by atoms with Gasteiger partial charge in [0.2, 0.25) is 0 Å². The van der Waals surface area contributed by atoms with Crippen LogP contribution >= 0.6 is 0 Å². The largest absolute Gasteiger partial charge is 0.453 e. The fourth-order valence-corrected chi connectivity index (χ4v) is 5.44. The highest BCUT2D eigenvalue weighted by Crippen LogP contribution is 2.32. The Bertz CT molecular complexity index is 1710. The predicted molar refractivity (Wildman–Crippen MR) is 170 cm³/mol. The lowest BCUT2D eigenvalue weighted by atomic mass is 10.0. The molecule has 4 aromatic rings. The van der Waals surface area contributed by atoms with Gasteiger partial charge < -0.3 is 18.9 Å². The van der Waals surface area contributed by atoms with Crippen molar-refractivity contribution in [3.8, 4) is 34.4 Å². The van der Waals surface area contributed by atoms with Crippen LogP contribution in [0.3, 0.4) is 0 Å². The second-order valence-corrected chi connectivity index (χ2v) is 10.8. The Morgan fingerprint density at radius 3 is 1.26 bits per heavy atom. The highest BCUT2D eigenvalue weighted by Gasteiger charge is 2.51. The minimum absolute atomic E-state index is 0.00825. The van der Waals surface area contributed by atoms with Gasteiger partial charge in [-0.2, -0.15) is 10.5 Å². The number of benzene rings is 4. The number of nitriles is 2. The van der Waals surface area contributed by atoms with E-state index in [1.807, 2.05) is 121 Å². The summed E-state index contributed by atoms with van der Waals surface area (Å²) >= 11 is 0. The average Bonchev–Trinajstić information content (AvgIpc) is 3.70. The first-order valence-electron chi connectivity index (χ1n) is 14.7. The number of fused-ring (bicyclic) bond motifs is 1. The summed E-state index contributed by atoms with van der Waals surface area (Å²) < 4.78 is 22.8. The monoisotopic (exact) mass is 608 g/mol. The summed E-state index contributed by atoms with van der Waals surface area (Å²) in [6.45, 7) is 0.0165. The first-order valence-corrected chi connectivity index (χ1v) is 14.7. The fraction of sp³-hybridized carbons (Fsp3) is 0.158. The first-order chi connectivity index (χ1) is 22.5. The van der Waals surface area contributed by atoms with Crippen molar-refractivity contribution in [1.82, 2.24) is 0 Å². The molecule has 0 unspecified atom stereocenters. The molecule has 46 heavy (non-hydrogen) atoms. The molecule has 2 fully saturated rings. The molecule has 6 rings (SSSR count). The maximum absolute atomic E-state index is 12.9.